The van der Waals surface area contributed by atoms with Gasteiger partial charge in [0.2, 0.25) is 0 Å². The van der Waals surface area contributed by atoms with Crippen LogP contribution in [0.5, 0.6) is 0 Å². The number of aryl methyl sites for hydroxylation is 2. The van der Waals surface area contributed by atoms with Crippen LogP contribution in [0, 0.1) is 36.5 Å². The van der Waals surface area contributed by atoms with Gasteiger partial charge in [-0.15, -0.1) is 0 Å². The summed E-state index contributed by atoms with van der Waals surface area (Å²) in [6.45, 7) is 4.13. The van der Waals surface area contributed by atoms with Gasteiger partial charge in [0.1, 0.15) is 0 Å². The first-order chi connectivity index (χ1) is 13.6. The number of nitriles is 2. The number of amidine groups is 1. The van der Waals surface area contributed by atoms with Crippen LogP contribution in [-0.4, -0.2) is 7.48 Å². The van der Waals surface area contributed by atoms with Crippen molar-refractivity contribution in [1.29, 1.82) is 10.5 Å². The Morgan fingerprint density at radius 2 is 1.75 bits per heavy atom. The Bertz CT molecular complexity index is 1070. The molecule has 6 heteroatoms. The largest absolute Gasteiger partial charge is 0.350 e. The van der Waals surface area contributed by atoms with E-state index in [1.165, 1.54) is 6.08 Å². The van der Waals surface area contributed by atoms with E-state index in [0.29, 0.717) is 5.56 Å². The molecule has 1 aliphatic rings. The van der Waals surface area contributed by atoms with Crippen molar-refractivity contribution in [3.63, 3.8) is 0 Å². The summed E-state index contributed by atoms with van der Waals surface area (Å²) in [6, 6.07) is 15.6. The van der Waals surface area contributed by atoms with Crippen LogP contribution in [0.2, 0.25) is 0 Å². The van der Waals surface area contributed by atoms with E-state index in [-0.39, 0.29) is 0 Å². The van der Waals surface area contributed by atoms with Crippen LogP contribution in [0.4, 0.5) is 11.4 Å². The van der Waals surface area contributed by atoms with Crippen LogP contribution in [0.1, 0.15) is 22.3 Å². The first-order valence-corrected chi connectivity index (χ1v) is 10.7. The number of allylic oxidation sites excluding steroid dienone is 1. The Morgan fingerprint density at radius 1 is 1.04 bits per heavy atom. The van der Waals surface area contributed by atoms with Gasteiger partial charge in [0, 0.05) is 23.7 Å². The fourth-order valence-corrected chi connectivity index (χ4v) is 4.77. The molecule has 1 aliphatic heterocycles. The molecule has 0 bridgehead atoms. The lowest BCUT2D eigenvalue weighted by atomic mass is 10.0. The average molecular weight is 479 g/mol. The number of aliphatic imine (C=N–C) groups is 1. The van der Waals surface area contributed by atoms with Gasteiger partial charge in [-0.2, -0.15) is 10.5 Å². The first kappa shape index (κ1) is 19.5. The summed E-state index contributed by atoms with van der Waals surface area (Å²) in [5.41, 5.74) is 5.93. The summed E-state index contributed by atoms with van der Waals surface area (Å²) >= 11 is -0.488. The summed E-state index contributed by atoms with van der Waals surface area (Å²) < 4.78 is 2.09. The van der Waals surface area contributed by atoms with E-state index >= 15 is 0 Å². The van der Waals surface area contributed by atoms with Gasteiger partial charge in [-0.1, -0.05) is 0 Å². The van der Waals surface area contributed by atoms with Crippen molar-refractivity contribution in [3.8, 4) is 12.1 Å². The molecule has 0 radical (unpaired) electrons. The van der Waals surface area contributed by atoms with Gasteiger partial charge >= 0.3 is 0 Å². The van der Waals surface area contributed by atoms with Crippen molar-refractivity contribution in [2.24, 2.45) is 4.99 Å². The second-order valence-corrected chi connectivity index (χ2v) is 8.83. The normalized spacial score (nSPS) is 13.0. The lowest BCUT2D eigenvalue weighted by Crippen LogP contribution is -2.14. The topological polar surface area (TPSA) is 84.0 Å². The van der Waals surface area contributed by atoms with Crippen LogP contribution in [-0.2, 0) is 0 Å². The number of rotatable bonds is 4. The SMILES string of the molecule is Cc1cc(/C=C/C#N)cc(C)c1NC1=IC(Nc2ccc(C#N)cc2)=NC=C1. The molecule has 0 amide bonds. The second-order valence-electron chi connectivity index (χ2n) is 6.11. The molecule has 2 aromatic carbocycles. The first-order valence-electron chi connectivity index (χ1n) is 8.57. The number of benzene rings is 2. The van der Waals surface area contributed by atoms with Crippen molar-refractivity contribution in [3.05, 3.63) is 77.0 Å². The van der Waals surface area contributed by atoms with Crippen molar-refractivity contribution in [2.45, 2.75) is 13.8 Å². The number of hydrogen-bond acceptors (Lipinski definition) is 5. The van der Waals surface area contributed by atoms with Gasteiger partial charge in [0.15, 0.2) is 3.84 Å². The molecule has 1 heterocycles. The molecule has 0 saturated carbocycles. The van der Waals surface area contributed by atoms with E-state index in [9.17, 15) is 0 Å². The third kappa shape index (κ3) is 4.93. The molecule has 3 rings (SSSR count). The summed E-state index contributed by atoms with van der Waals surface area (Å²) in [4.78, 5) is 4.46. The molecule has 5 nitrogen and oxygen atoms in total. The van der Waals surface area contributed by atoms with Crippen LogP contribution in [0.25, 0.3) is 6.08 Å². The number of nitrogens with zero attached hydrogens (tertiary/aromatic N) is 3. The van der Waals surface area contributed by atoms with Crippen molar-refractivity contribution < 1.29 is 0 Å². The van der Waals surface area contributed by atoms with E-state index in [1.54, 1.807) is 18.3 Å². The zero-order valence-electron chi connectivity index (χ0n) is 15.5. The second kappa shape index (κ2) is 9.12. The zero-order chi connectivity index (χ0) is 19.9. The average Bonchev–Trinajstić information content (AvgIpc) is 2.70. The lowest BCUT2D eigenvalue weighted by Gasteiger charge is -2.16. The number of anilines is 2. The summed E-state index contributed by atoms with van der Waals surface area (Å²) in [6.07, 6.45) is 7.12. The molecule has 0 spiro atoms. The molecular weight excluding hydrogens is 461 g/mol. The third-order valence-electron chi connectivity index (χ3n) is 4.01. The van der Waals surface area contributed by atoms with Crippen LogP contribution >= 0.6 is 20.7 Å². The van der Waals surface area contributed by atoms with Crippen molar-refractivity contribution >= 4 is 45.7 Å². The molecule has 0 aromatic heterocycles. The molecule has 0 unspecified atom stereocenters. The van der Waals surface area contributed by atoms with Crippen LogP contribution < -0.4 is 10.6 Å². The Labute approximate surface area is 174 Å². The highest BCUT2D eigenvalue weighted by Crippen LogP contribution is 2.25. The minimum Gasteiger partial charge on any atom is -0.350 e. The molecule has 2 N–H and O–H groups in total. The van der Waals surface area contributed by atoms with E-state index in [4.69, 9.17) is 10.5 Å². The summed E-state index contributed by atoms with van der Waals surface area (Å²) in [5.74, 6) is 0. The number of halogens is 1. The van der Waals surface area contributed by atoms with Gasteiger partial charge in [-0.05, 0) is 99.8 Å². The molecule has 0 aliphatic carbocycles. The molecular formula is C22H18IN5. The van der Waals surface area contributed by atoms with E-state index in [2.05, 4.69) is 47.7 Å². The number of nitrogens with one attached hydrogen (secondary N) is 2. The maximum Gasteiger partial charge on any atom is 0.165 e. The highest BCUT2D eigenvalue weighted by molar-refractivity contribution is 14.2. The minimum absolute atomic E-state index is 0.488. The highest BCUT2D eigenvalue weighted by Gasteiger charge is 2.09. The smallest absolute Gasteiger partial charge is 0.165 e. The van der Waals surface area contributed by atoms with E-state index < -0.39 is 20.7 Å². The van der Waals surface area contributed by atoms with Gasteiger partial charge in [0.25, 0.3) is 0 Å². The van der Waals surface area contributed by atoms with E-state index in [1.807, 2.05) is 30.4 Å². The molecule has 2 aromatic rings. The van der Waals surface area contributed by atoms with Crippen molar-refractivity contribution in [2.75, 3.05) is 10.6 Å². The minimum atomic E-state index is -0.488. The quantitative estimate of drug-likeness (QED) is 0.358. The summed E-state index contributed by atoms with van der Waals surface area (Å²) in [5, 5.41) is 24.5. The maximum absolute atomic E-state index is 8.90. The van der Waals surface area contributed by atoms with Crippen LogP contribution in [0.3, 0.4) is 0 Å². The van der Waals surface area contributed by atoms with Crippen LogP contribution in [0.15, 0.2) is 59.7 Å². The number of hydrogen-bond donors (Lipinski definition) is 2. The Kier molecular flexibility index (Phi) is 6.36. The Morgan fingerprint density at radius 3 is 2.39 bits per heavy atom. The van der Waals surface area contributed by atoms with Crippen molar-refractivity contribution in [1.82, 2.24) is 0 Å². The summed E-state index contributed by atoms with van der Waals surface area (Å²) in [7, 11) is 0. The molecule has 0 atom stereocenters. The maximum atomic E-state index is 8.90. The Balaban J connectivity index is 1.77. The van der Waals surface area contributed by atoms with Gasteiger partial charge in [0.05, 0.1) is 21.3 Å². The monoisotopic (exact) mass is 479 g/mol. The van der Waals surface area contributed by atoms with Gasteiger partial charge < -0.3 is 10.6 Å². The lowest BCUT2D eigenvalue weighted by molar-refractivity contribution is 1.37. The zero-order valence-corrected chi connectivity index (χ0v) is 17.7. The standard InChI is InChI=1S/C22H18IN5/c1-15-12-18(4-3-10-24)13-16(2)21(15)28-20-9-11-26-22(23-20)27-19-7-5-17(14-25)6-8-19/h3-9,11-13,28H,1-2H3,(H,26,27)/b4-3+. The van der Waals surface area contributed by atoms with Gasteiger partial charge in [-0.3, -0.25) is 0 Å². The molecule has 138 valence electrons. The fourth-order valence-electron chi connectivity index (χ4n) is 2.73. The molecule has 0 saturated heterocycles. The predicted octanol–water partition coefficient (Wildman–Crippen LogP) is 5.22. The molecule has 28 heavy (non-hydrogen) atoms. The molecule has 0 fully saturated rings. The predicted molar refractivity (Wildman–Crippen MR) is 125 cm³/mol. The van der Waals surface area contributed by atoms with Gasteiger partial charge in [-0.25, -0.2) is 4.99 Å². The van der Waals surface area contributed by atoms with E-state index in [0.717, 1.165) is 35.5 Å². The fraction of sp³-hybridized carbons (Fsp3) is 0.0909. The Hall–Kier alpha value is -3.23. The highest BCUT2D eigenvalue weighted by atomic mass is 127. The third-order valence-corrected chi connectivity index (χ3v) is 6.28.